The average molecular weight is 442 g/mol. The molecule has 3 saturated carbocycles. The number of amides is 3. The fourth-order valence-corrected chi connectivity index (χ4v) is 4.96. The van der Waals surface area contributed by atoms with Crippen LogP contribution in [0.3, 0.4) is 0 Å². The summed E-state index contributed by atoms with van der Waals surface area (Å²) < 4.78 is 0. The largest absolute Gasteiger partial charge is 0.480 e. The van der Waals surface area contributed by atoms with Crippen LogP contribution in [0.1, 0.15) is 42.5 Å². The highest BCUT2D eigenvalue weighted by Crippen LogP contribution is 2.44. The lowest BCUT2D eigenvalue weighted by Crippen LogP contribution is -2.51. The monoisotopic (exact) mass is 441 g/mol. The van der Waals surface area contributed by atoms with E-state index < -0.39 is 23.9 Å². The first-order chi connectivity index (χ1) is 13.8. The quantitative estimate of drug-likeness (QED) is 0.520. The van der Waals surface area contributed by atoms with Gasteiger partial charge in [-0.3, -0.25) is 4.79 Å². The maximum absolute atomic E-state index is 12.4. The number of benzene rings is 1. The summed E-state index contributed by atoms with van der Waals surface area (Å²) in [6.45, 7) is 0.331. The first kappa shape index (κ1) is 21.7. The van der Waals surface area contributed by atoms with Crippen LogP contribution in [-0.4, -0.2) is 42.1 Å². The van der Waals surface area contributed by atoms with Crippen molar-refractivity contribution in [1.29, 1.82) is 0 Å². The van der Waals surface area contributed by atoms with E-state index in [-0.39, 0.29) is 22.2 Å². The lowest BCUT2D eigenvalue weighted by atomic mass is 9.65. The van der Waals surface area contributed by atoms with Crippen LogP contribution < -0.4 is 16.0 Å². The summed E-state index contributed by atoms with van der Waals surface area (Å²) in [6, 6.07) is 2.80. The molecule has 3 fully saturated rings. The van der Waals surface area contributed by atoms with E-state index in [0.717, 1.165) is 12.3 Å². The first-order valence-electron chi connectivity index (χ1n) is 9.84. The van der Waals surface area contributed by atoms with Crippen molar-refractivity contribution >= 4 is 41.1 Å². The molecule has 0 heterocycles. The molecule has 3 aliphatic rings. The summed E-state index contributed by atoms with van der Waals surface area (Å²) >= 11 is 12.0. The minimum Gasteiger partial charge on any atom is -0.480 e. The molecule has 4 rings (SSSR count). The smallest absolute Gasteiger partial charge is 0.328 e. The molecule has 2 unspecified atom stereocenters. The molecule has 158 valence electrons. The number of carboxylic acids is 1. The van der Waals surface area contributed by atoms with Gasteiger partial charge in [-0.1, -0.05) is 42.1 Å². The number of carboxylic acid groups (broad SMARTS) is 1. The van der Waals surface area contributed by atoms with Crippen LogP contribution in [0, 0.1) is 17.8 Å². The van der Waals surface area contributed by atoms with E-state index in [1.165, 1.54) is 37.8 Å². The zero-order valence-electron chi connectivity index (χ0n) is 15.9. The molecule has 0 aliphatic heterocycles. The molecule has 1 aromatic carbocycles. The molecule has 2 atom stereocenters. The number of carbonyl (C=O) groups is 3. The maximum atomic E-state index is 12.4. The number of hydrogen-bond acceptors (Lipinski definition) is 3. The van der Waals surface area contributed by atoms with Gasteiger partial charge in [-0.2, -0.15) is 0 Å². The summed E-state index contributed by atoms with van der Waals surface area (Å²) in [4.78, 5) is 36.0. The van der Waals surface area contributed by atoms with E-state index in [9.17, 15) is 19.5 Å². The molecule has 7 nitrogen and oxygen atoms in total. The van der Waals surface area contributed by atoms with E-state index in [1.807, 2.05) is 0 Å². The molecule has 0 radical (unpaired) electrons. The molecule has 2 bridgehead atoms. The zero-order valence-corrected chi connectivity index (χ0v) is 17.4. The van der Waals surface area contributed by atoms with Crippen LogP contribution in [-0.2, 0) is 4.79 Å². The summed E-state index contributed by atoms with van der Waals surface area (Å²) in [5.41, 5.74) is -0.00103. The maximum Gasteiger partial charge on any atom is 0.328 e. The number of fused-ring (bicyclic) bond motifs is 3. The van der Waals surface area contributed by atoms with Gasteiger partial charge in [0.2, 0.25) is 0 Å². The highest BCUT2D eigenvalue weighted by Gasteiger charge is 2.35. The number of aliphatic carboxylic acids is 1. The number of nitrogens with one attached hydrogen (secondary N) is 3. The van der Waals surface area contributed by atoms with E-state index in [2.05, 4.69) is 16.0 Å². The Kier molecular flexibility index (Phi) is 7.24. The molecule has 0 aromatic heterocycles. The Morgan fingerprint density at radius 2 is 1.72 bits per heavy atom. The standard InChI is InChI=1S/C20H25Cl2N3O4/c21-14-2-1-3-15(22)17(14)18(26)25-16(19(27)28)10-24-20(29)23-9-13-8-11-4-6-12(13)7-5-11/h1-3,11-13,16H,4-10H2,(H,25,26)(H,27,28)(H2,23,24,29). The van der Waals surface area contributed by atoms with Crippen molar-refractivity contribution in [2.24, 2.45) is 17.8 Å². The Bertz CT molecular complexity index is 761. The van der Waals surface area contributed by atoms with E-state index >= 15 is 0 Å². The third-order valence-electron chi connectivity index (χ3n) is 5.98. The van der Waals surface area contributed by atoms with Gasteiger partial charge >= 0.3 is 12.0 Å². The number of urea groups is 1. The summed E-state index contributed by atoms with van der Waals surface area (Å²) in [7, 11) is 0. The Labute approximate surface area is 179 Å². The van der Waals surface area contributed by atoms with Crippen LogP contribution in [0.5, 0.6) is 0 Å². The van der Waals surface area contributed by atoms with Crippen LogP contribution in [0.15, 0.2) is 18.2 Å². The minimum atomic E-state index is -1.31. The Morgan fingerprint density at radius 1 is 1.07 bits per heavy atom. The molecule has 0 saturated heterocycles. The molecule has 3 amide bonds. The Morgan fingerprint density at radius 3 is 2.28 bits per heavy atom. The van der Waals surface area contributed by atoms with Crippen LogP contribution >= 0.6 is 23.2 Å². The van der Waals surface area contributed by atoms with Crippen molar-refractivity contribution in [2.75, 3.05) is 13.1 Å². The van der Waals surface area contributed by atoms with Gasteiger partial charge in [-0.25, -0.2) is 9.59 Å². The number of rotatable bonds is 7. The minimum absolute atomic E-state index is 0.00103. The van der Waals surface area contributed by atoms with Crippen LogP contribution in [0.2, 0.25) is 10.0 Å². The van der Waals surface area contributed by atoms with Gasteiger partial charge in [0.05, 0.1) is 22.2 Å². The van der Waals surface area contributed by atoms with Crippen molar-refractivity contribution in [3.05, 3.63) is 33.8 Å². The lowest BCUT2D eigenvalue weighted by Gasteiger charge is -2.42. The van der Waals surface area contributed by atoms with Gasteiger partial charge in [-0.05, 0) is 49.1 Å². The highest BCUT2D eigenvalue weighted by molar-refractivity contribution is 6.39. The second kappa shape index (κ2) is 9.67. The van der Waals surface area contributed by atoms with Crippen molar-refractivity contribution in [3.8, 4) is 0 Å². The van der Waals surface area contributed by atoms with Crippen molar-refractivity contribution in [1.82, 2.24) is 16.0 Å². The topological polar surface area (TPSA) is 108 Å². The number of hydrogen-bond donors (Lipinski definition) is 4. The van der Waals surface area contributed by atoms with Gasteiger partial charge in [0.25, 0.3) is 5.91 Å². The van der Waals surface area contributed by atoms with Crippen molar-refractivity contribution in [3.63, 3.8) is 0 Å². The number of halogens is 2. The molecule has 3 aliphatic carbocycles. The van der Waals surface area contributed by atoms with Gasteiger partial charge in [0.1, 0.15) is 6.04 Å². The third kappa shape index (κ3) is 5.54. The molecule has 29 heavy (non-hydrogen) atoms. The van der Waals surface area contributed by atoms with E-state index in [0.29, 0.717) is 18.4 Å². The molecule has 4 N–H and O–H groups in total. The second-order valence-corrected chi connectivity index (χ2v) is 8.64. The van der Waals surface area contributed by atoms with Gasteiger partial charge in [0.15, 0.2) is 0 Å². The zero-order chi connectivity index (χ0) is 21.0. The van der Waals surface area contributed by atoms with E-state index in [4.69, 9.17) is 23.2 Å². The lowest BCUT2D eigenvalue weighted by molar-refractivity contribution is -0.139. The molecule has 0 spiro atoms. The van der Waals surface area contributed by atoms with Crippen molar-refractivity contribution < 1.29 is 19.5 Å². The normalized spacial score (nSPS) is 23.9. The predicted octanol–water partition coefficient (Wildman–Crippen LogP) is 3.30. The van der Waals surface area contributed by atoms with Gasteiger partial charge < -0.3 is 21.1 Å². The van der Waals surface area contributed by atoms with Gasteiger partial charge in [0, 0.05) is 6.54 Å². The SMILES string of the molecule is O=C(NCC(NC(=O)c1c(Cl)cccc1Cl)C(=O)O)NCC1CC2CCC1CC2. The van der Waals surface area contributed by atoms with Gasteiger partial charge in [-0.15, -0.1) is 0 Å². The van der Waals surface area contributed by atoms with Crippen LogP contribution in [0.4, 0.5) is 4.79 Å². The molecular formula is C20H25Cl2N3O4. The predicted molar refractivity (Wildman–Crippen MR) is 110 cm³/mol. The molecule has 9 heteroatoms. The molecule has 1 aromatic rings. The fourth-order valence-electron chi connectivity index (χ4n) is 4.39. The molecular weight excluding hydrogens is 417 g/mol. The Balaban J connectivity index is 1.48. The number of carbonyl (C=O) groups excluding carboxylic acids is 2. The first-order valence-corrected chi connectivity index (χ1v) is 10.6. The van der Waals surface area contributed by atoms with Crippen molar-refractivity contribution in [2.45, 2.75) is 38.1 Å². The average Bonchev–Trinajstić information content (AvgIpc) is 2.70. The summed E-state index contributed by atoms with van der Waals surface area (Å²) in [5.74, 6) is -0.0460. The summed E-state index contributed by atoms with van der Waals surface area (Å²) in [6.07, 6.45) is 6.20. The second-order valence-electron chi connectivity index (χ2n) is 7.83. The Hall–Kier alpha value is -1.99. The van der Waals surface area contributed by atoms with Crippen LogP contribution in [0.25, 0.3) is 0 Å². The third-order valence-corrected chi connectivity index (χ3v) is 6.61. The summed E-state index contributed by atoms with van der Waals surface area (Å²) in [5, 5.41) is 17.3. The van der Waals surface area contributed by atoms with E-state index in [1.54, 1.807) is 6.07 Å². The fraction of sp³-hybridized carbons (Fsp3) is 0.550. The highest BCUT2D eigenvalue weighted by atomic mass is 35.5.